The lowest BCUT2D eigenvalue weighted by atomic mass is 9.78. The first-order valence-corrected chi connectivity index (χ1v) is 7.52. The zero-order valence-electron chi connectivity index (χ0n) is 13.5. The van der Waals surface area contributed by atoms with Crippen LogP contribution in [0.25, 0.3) is 0 Å². The molecule has 2 aliphatic rings. The second-order valence-electron chi connectivity index (χ2n) is 7.03. The maximum atomic E-state index is 13.1. The Balaban J connectivity index is 1.99. The molecule has 4 nitrogen and oxygen atoms in total. The normalized spacial score (nSPS) is 23.9. The summed E-state index contributed by atoms with van der Waals surface area (Å²) in [5, 5.41) is 0. The molecule has 3 rings (SSSR count). The van der Waals surface area contributed by atoms with Crippen molar-refractivity contribution >= 4 is 12.6 Å². The minimum absolute atomic E-state index is 0.113. The lowest BCUT2D eigenvalue weighted by Gasteiger charge is -2.32. The van der Waals surface area contributed by atoms with Crippen LogP contribution < -0.4 is 5.46 Å². The summed E-state index contributed by atoms with van der Waals surface area (Å²) in [5.41, 5.74) is -1.44. The largest absolute Gasteiger partial charge is 0.494 e. The van der Waals surface area contributed by atoms with Gasteiger partial charge in [0.05, 0.1) is 24.4 Å². The van der Waals surface area contributed by atoms with Crippen molar-refractivity contribution in [2.45, 2.75) is 51.0 Å². The third-order valence-corrected chi connectivity index (χ3v) is 4.74. The first kappa shape index (κ1) is 16.7. The molecule has 3 heterocycles. The van der Waals surface area contributed by atoms with Crippen LogP contribution in [0.5, 0.6) is 0 Å². The first-order chi connectivity index (χ1) is 10.5. The Hall–Kier alpha value is -1.12. The van der Waals surface area contributed by atoms with Gasteiger partial charge < -0.3 is 14.0 Å². The predicted molar refractivity (Wildman–Crippen MR) is 78.5 cm³/mol. The molecule has 0 N–H and O–H groups in total. The Bertz CT molecular complexity index is 598. The van der Waals surface area contributed by atoms with Gasteiger partial charge in [-0.25, -0.2) is 4.98 Å². The third kappa shape index (κ3) is 2.99. The van der Waals surface area contributed by atoms with Crippen LogP contribution in [-0.4, -0.2) is 36.5 Å². The van der Waals surface area contributed by atoms with Crippen LogP contribution in [0.15, 0.2) is 12.1 Å². The van der Waals surface area contributed by atoms with Crippen molar-refractivity contribution in [2.75, 3.05) is 13.2 Å². The van der Waals surface area contributed by atoms with Gasteiger partial charge in [0.1, 0.15) is 5.69 Å². The molecule has 0 amide bonds. The standard InChI is InChI=1S/C15H19BF3NO3/c1-13(2)14(3,4)23-16(22-13)10-5-11(9-7-21-8-9)20-12(6-10)15(17,18)19/h5-6,9H,7-8H2,1-4H3. The fourth-order valence-corrected chi connectivity index (χ4v) is 2.45. The molecule has 2 fully saturated rings. The van der Waals surface area contributed by atoms with Gasteiger partial charge in [0, 0.05) is 11.6 Å². The Kier molecular flexibility index (Phi) is 3.78. The number of aromatic nitrogens is 1. The molecule has 8 heteroatoms. The molecule has 2 aliphatic heterocycles. The molecule has 23 heavy (non-hydrogen) atoms. The van der Waals surface area contributed by atoms with Crippen molar-refractivity contribution in [1.82, 2.24) is 4.98 Å². The maximum absolute atomic E-state index is 13.1. The zero-order valence-corrected chi connectivity index (χ0v) is 13.5. The van der Waals surface area contributed by atoms with E-state index in [0.29, 0.717) is 24.4 Å². The number of rotatable bonds is 2. The molecule has 1 aromatic rings. The third-order valence-electron chi connectivity index (χ3n) is 4.74. The van der Waals surface area contributed by atoms with E-state index in [1.54, 1.807) is 6.07 Å². The Labute approximate surface area is 133 Å². The summed E-state index contributed by atoms with van der Waals surface area (Å²) in [6.45, 7) is 8.21. The van der Waals surface area contributed by atoms with E-state index in [9.17, 15) is 13.2 Å². The van der Waals surface area contributed by atoms with Crippen molar-refractivity contribution in [3.63, 3.8) is 0 Å². The van der Waals surface area contributed by atoms with Crippen molar-refractivity contribution < 1.29 is 27.2 Å². The van der Waals surface area contributed by atoms with E-state index in [1.807, 2.05) is 27.7 Å². The van der Waals surface area contributed by atoms with Gasteiger partial charge in [-0.3, -0.25) is 0 Å². The fraction of sp³-hybridized carbons (Fsp3) is 0.667. The van der Waals surface area contributed by atoms with Gasteiger partial charge in [0.15, 0.2) is 0 Å². The van der Waals surface area contributed by atoms with Gasteiger partial charge in [-0.2, -0.15) is 13.2 Å². The summed E-state index contributed by atoms with van der Waals surface area (Å²) in [4.78, 5) is 3.75. The number of halogens is 3. The summed E-state index contributed by atoms with van der Waals surface area (Å²) >= 11 is 0. The molecule has 0 saturated carbocycles. The van der Waals surface area contributed by atoms with E-state index in [-0.39, 0.29) is 5.92 Å². The quantitative estimate of drug-likeness (QED) is 0.782. The molecule has 0 radical (unpaired) electrons. The molecule has 1 aromatic heterocycles. The van der Waals surface area contributed by atoms with E-state index in [2.05, 4.69) is 4.98 Å². The SMILES string of the molecule is CC1(C)OB(c2cc(C3COC3)nc(C(F)(F)F)c2)OC1(C)C. The molecule has 0 unspecified atom stereocenters. The van der Waals surface area contributed by atoms with Crippen LogP contribution in [0.3, 0.4) is 0 Å². The van der Waals surface area contributed by atoms with E-state index in [0.717, 1.165) is 6.07 Å². The monoisotopic (exact) mass is 329 g/mol. The highest BCUT2D eigenvalue weighted by molar-refractivity contribution is 6.62. The van der Waals surface area contributed by atoms with Gasteiger partial charge in [0.2, 0.25) is 0 Å². The number of pyridine rings is 1. The molecule has 2 saturated heterocycles. The van der Waals surface area contributed by atoms with E-state index in [4.69, 9.17) is 14.0 Å². The Morgan fingerprint density at radius 3 is 2.09 bits per heavy atom. The van der Waals surface area contributed by atoms with Crippen molar-refractivity contribution in [2.24, 2.45) is 0 Å². The average molecular weight is 329 g/mol. The van der Waals surface area contributed by atoms with Crippen molar-refractivity contribution in [3.8, 4) is 0 Å². The van der Waals surface area contributed by atoms with Crippen LogP contribution in [0.4, 0.5) is 13.2 Å². The molecule has 126 valence electrons. The number of alkyl halides is 3. The number of hydrogen-bond donors (Lipinski definition) is 0. The topological polar surface area (TPSA) is 40.6 Å². The smallest absolute Gasteiger partial charge is 0.399 e. The summed E-state index contributed by atoms with van der Waals surface area (Å²) < 4.78 is 56.2. The fourth-order valence-electron chi connectivity index (χ4n) is 2.45. The molecule has 0 atom stereocenters. The Morgan fingerprint density at radius 2 is 1.65 bits per heavy atom. The number of hydrogen-bond acceptors (Lipinski definition) is 4. The van der Waals surface area contributed by atoms with Gasteiger partial charge in [-0.15, -0.1) is 0 Å². The second kappa shape index (κ2) is 5.19. The van der Waals surface area contributed by atoms with E-state index in [1.165, 1.54) is 0 Å². The molecule has 0 bridgehead atoms. The minimum atomic E-state index is -4.51. The van der Waals surface area contributed by atoms with Crippen molar-refractivity contribution in [1.29, 1.82) is 0 Å². The van der Waals surface area contributed by atoms with Crippen molar-refractivity contribution in [3.05, 3.63) is 23.5 Å². The predicted octanol–water partition coefficient (Wildman–Crippen LogP) is 2.51. The molecular formula is C15H19BF3NO3. The molecular weight excluding hydrogens is 310 g/mol. The van der Waals surface area contributed by atoms with Gasteiger partial charge >= 0.3 is 13.3 Å². The molecule has 0 aliphatic carbocycles. The highest BCUT2D eigenvalue weighted by atomic mass is 19.4. The first-order valence-electron chi connectivity index (χ1n) is 7.52. The highest BCUT2D eigenvalue weighted by Gasteiger charge is 2.52. The van der Waals surface area contributed by atoms with Crippen LogP contribution in [0.1, 0.15) is 45.0 Å². The Morgan fingerprint density at radius 1 is 1.09 bits per heavy atom. The minimum Gasteiger partial charge on any atom is -0.399 e. The summed E-state index contributed by atoms with van der Waals surface area (Å²) in [5.74, 6) is -0.113. The van der Waals surface area contributed by atoms with Gasteiger partial charge in [-0.1, -0.05) is 0 Å². The summed E-state index contributed by atoms with van der Waals surface area (Å²) in [6, 6.07) is 2.63. The number of ether oxygens (including phenoxy) is 1. The molecule has 0 spiro atoms. The van der Waals surface area contributed by atoms with Crippen LogP contribution in [-0.2, 0) is 20.2 Å². The number of nitrogens with zero attached hydrogens (tertiary/aromatic N) is 1. The molecule has 0 aromatic carbocycles. The highest BCUT2D eigenvalue weighted by Crippen LogP contribution is 2.37. The lowest BCUT2D eigenvalue weighted by Crippen LogP contribution is -2.41. The van der Waals surface area contributed by atoms with E-state index >= 15 is 0 Å². The van der Waals surface area contributed by atoms with Gasteiger partial charge in [0.25, 0.3) is 0 Å². The average Bonchev–Trinajstić information content (AvgIpc) is 2.55. The van der Waals surface area contributed by atoms with Gasteiger partial charge in [-0.05, 0) is 45.3 Å². The summed E-state index contributed by atoms with van der Waals surface area (Å²) in [7, 11) is -0.844. The zero-order chi connectivity index (χ0) is 17.0. The second-order valence-corrected chi connectivity index (χ2v) is 7.03. The maximum Gasteiger partial charge on any atom is 0.494 e. The van der Waals surface area contributed by atoms with E-state index < -0.39 is 30.2 Å². The van der Waals surface area contributed by atoms with Crippen LogP contribution in [0, 0.1) is 0 Å². The summed E-state index contributed by atoms with van der Waals surface area (Å²) in [6.07, 6.45) is -4.51. The lowest BCUT2D eigenvalue weighted by molar-refractivity contribution is -0.141. The van der Waals surface area contributed by atoms with Crippen LogP contribution >= 0.6 is 0 Å². The van der Waals surface area contributed by atoms with Crippen LogP contribution in [0.2, 0.25) is 0 Å².